The number of piperidine rings is 2. The van der Waals surface area contributed by atoms with Crippen molar-refractivity contribution in [3.63, 3.8) is 0 Å². The molecule has 6 N–H and O–H groups in total. The molecule has 4 aromatic heterocycles. The molecule has 1 amide bonds. The minimum absolute atomic E-state index is 0. The van der Waals surface area contributed by atoms with E-state index in [9.17, 15) is 18.7 Å². The maximum Gasteiger partial charge on any atom is 0.407 e. The molecule has 6 aromatic carbocycles. The lowest BCUT2D eigenvalue weighted by molar-refractivity contribution is -0.158. The Bertz CT molecular complexity index is 5000. The van der Waals surface area contributed by atoms with Gasteiger partial charge >= 0.3 is 12.1 Å². The van der Waals surface area contributed by atoms with Crippen molar-refractivity contribution < 1.29 is 37.7 Å². The monoisotopic (exact) mass is 1570 g/mol. The number of rotatable bonds is 19. The number of benzene rings is 6. The molecular formula is C85H112ClN15O8P2. The number of nitrogens with zero attached hydrogens (tertiary/aromatic N) is 10. The van der Waals surface area contributed by atoms with Crippen LogP contribution < -0.4 is 56.9 Å². The standard InChI is InChI=1S/C42H52N7O4P.C21H21ClN5O2P.C20H31N3O2.2CH4/c1-28-22-31(14-17-34(28)48-20-18-42(19-21-48)24-30(25-42)23-36(50)53-41(2,3)4)44-40-46-38(45-33-10-8-9-11-35(33)54(6,7)51)37-39(47-40)49(27-43-37)26-29-12-15-32(52-5)16-13-29;1-29-15-10-8-14(9-11-15)12-27-13-23-18-19(25-21(22)26-20(18)27)24-16-6-4-5-7-17(16)30(2,3)28;1-14-11-15(21)5-6-17(14)23-9-7-20(8-10-23)12-16(13-20)22-18(24)25-19(2,3)4;;/h8-17,22,27,30H,18-21,23-26H2,1-7H3,(H2,44,45,46,47);4-11,13H,12H2,1-3H3,(H,24,25,26);5-6,11,16H,7-10,12-13,21H2,1-4H3,(H,22,24);2*1H4. The van der Waals surface area contributed by atoms with Crippen LogP contribution in [-0.4, -0.2) is 135 Å². The summed E-state index contributed by atoms with van der Waals surface area (Å²) in [7, 11) is -1.78. The van der Waals surface area contributed by atoms with E-state index >= 15 is 0 Å². The SMILES string of the molecule is C.C.COc1ccc(Cn2cnc3c(Nc4ccccc4P(C)(C)=O)nc(Cl)nc32)cc1.COc1ccc(Cn2cnc3c(Nc4ccccc4P(C)(C)=O)nc(Nc4ccc(N5CCC6(CC5)CC(CC(=O)OC(C)(C)C)C6)c(C)c4)nc32)cc1.Cc1cc(N)ccc1N1CCC2(CC1)CC(NC(=O)OC(C)(C)C)C2. The number of carbonyl (C=O) groups excluding carboxylic acids is 2. The smallest absolute Gasteiger partial charge is 0.407 e. The third-order valence-corrected chi connectivity index (χ3v) is 24.1. The molecule has 111 heavy (non-hydrogen) atoms. The molecule has 0 atom stereocenters. The predicted octanol–water partition coefficient (Wildman–Crippen LogP) is 18.3. The van der Waals surface area contributed by atoms with Crippen LogP contribution in [0.25, 0.3) is 22.3 Å². The van der Waals surface area contributed by atoms with Crippen molar-refractivity contribution in [1.82, 2.24) is 44.4 Å². The van der Waals surface area contributed by atoms with E-state index in [4.69, 9.17) is 51.2 Å². The zero-order chi connectivity index (χ0) is 77.8. The maximum absolute atomic E-state index is 13.2. The van der Waals surface area contributed by atoms with Crippen LogP contribution >= 0.6 is 25.9 Å². The molecule has 2 saturated heterocycles. The van der Waals surface area contributed by atoms with Crippen LogP contribution in [0.15, 0.2) is 146 Å². The Balaban J connectivity index is 0.000000194. The number of alkyl carbamates (subject to hydrolysis) is 1. The zero-order valence-electron chi connectivity index (χ0n) is 65.2. The first-order valence-corrected chi connectivity index (χ1v) is 42.9. The zero-order valence-corrected chi connectivity index (χ0v) is 67.8. The number of hydrogen-bond acceptors (Lipinski definition) is 20. The van der Waals surface area contributed by atoms with Crippen molar-refractivity contribution >= 4 is 123 Å². The second kappa shape index (κ2) is 34.5. The summed E-state index contributed by atoms with van der Waals surface area (Å²) in [4.78, 5) is 57.0. The molecule has 26 heteroatoms. The van der Waals surface area contributed by atoms with Gasteiger partial charge in [0.05, 0.1) is 51.3 Å². The number of nitrogens with one attached hydrogen (secondary N) is 4. The van der Waals surface area contributed by atoms with Gasteiger partial charge in [0.15, 0.2) is 34.0 Å². The number of anilines is 9. The lowest BCUT2D eigenvalue weighted by Crippen LogP contribution is -2.55. The van der Waals surface area contributed by atoms with Gasteiger partial charge in [-0.1, -0.05) is 63.4 Å². The van der Waals surface area contributed by atoms with Crippen LogP contribution in [0, 0.1) is 30.6 Å². The van der Waals surface area contributed by atoms with Gasteiger partial charge in [-0.05, 0) is 269 Å². The number of carbonyl (C=O) groups is 2. The fourth-order valence-electron chi connectivity index (χ4n) is 15.5. The predicted molar refractivity (Wildman–Crippen MR) is 454 cm³/mol. The summed E-state index contributed by atoms with van der Waals surface area (Å²) in [6.45, 7) is 28.0. The molecule has 4 aliphatic rings. The van der Waals surface area contributed by atoms with E-state index in [2.05, 4.69) is 84.1 Å². The number of methoxy groups -OCH3 is 2. The molecule has 2 aliphatic heterocycles. The highest BCUT2D eigenvalue weighted by Gasteiger charge is 2.48. The largest absolute Gasteiger partial charge is 0.497 e. The number of para-hydroxylation sites is 2. The van der Waals surface area contributed by atoms with Crippen molar-refractivity contribution in [2.24, 2.45) is 16.7 Å². The topological polar surface area (TPSA) is 273 Å². The number of esters is 1. The van der Waals surface area contributed by atoms with Gasteiger partial charge < -0.3 is 74.0 Å². The Morgan fingerprint density at radius 3 is 1.48 bits per heavy atom. The molecule has 2 spiro atoms. The van der Waals surface area contributed by atoms with Gasteiger partial charge in [0.1, 0.15) is 37.0 Å². The Labute approximate surface area is 659 Å². The van der Waals surface area contributed by atoms with Crippen LogP contribution in [0.1, 0.15) is 136 Å². The van der Waals surface area contributed by atoms with E-state index in [1.165, 1.54) is 35.3 Å². The molecule has 2 saturated carbocycles. The van der Waals surface area contributed by atoms with E-state index in [-0.39, 0.29) is 38.2 Å². The van der Waals surface area contributed by atoms with Gasteiger partial charge in [-0.25, -0.2) is 14.8 Å². The molecule has 6 heterocycles. The molecule has 4 fully saturated rings. The highest BCUT2D eigenvalue weighted by molar-refractivity contribution is 7.70. The highest BCUT2D eigenvalue weighted by Crippen LogP contribution is 2.55. The Kier molecular flexibility index (Phi) is 26.0. The van der Waals surface area contributed by atoms with Crippen molar-refractivity contribution in [2.75, 3.05) is 98.5 Å². The minimum Gasteiger partial charge on any atom is -0.497 e. The van der Waals surface area contributed by atoms with E-state index in [0.29, 0.717) is 81.9 Å². The molecular weight excluding hydrogens is 1460 g/mol. The van der Waals surface area contributed by atoms with Gasteiger partial charge in [-0.3, -0.25) is 4.79 Å². The number of aromatic nitrogens is 8. The maximum atomic E-state index is 13.2. The first kappa shape index (κ1) is 83.8. The first-order chi connectivity index (χ1) is 51.7. The normalized spacial score (nSPS) is 15.5. The van der Waals surface area contributed by atoms with Crippen molar-refractivity contribution in [2.45, 2.75) is 158 Å². The average molecular weight is 1570 g/mol. The van der Waals surface area contributed by atoms with Crippen LogP contribution in [0.4, 0.5) is 56.5 Å². The van der Waals surface area contributed by atoms with Gasteiger partial charge in [-0.2, -0.15) is 19.9 Å². The molecule has 0 bridgehead atoms. The summed E-state index contributed by atoms with van der Waals surface area (Å²) >= 11 is 6.22. The fourth-order valence-corrected chi connectivity index (χ4v) is 18.0. The third-order valence-electron chi connectivity index (χ3n) is 20.8. The molecule has 592 valence electrons. The lowest BCUT2D eigenvalue weighted by Gasteiger charge is -2.52. The van der Waals surface area contributed by atoms with Gasteiger partial charge in [0, 0.05) is 72.0 Å². The third kappa shape index (κ3) is 21.1. The summed E-state index contributed by atoms with van der Waals surface area (Å²) in [6.07, 6.45) is 12.7. The molecule has 23 nitrogen and oxygen atoms in total. The van der Waals surface area contributed by atoms with Crippen molar-refractivity contribution in [1.29, 1.82) is 0 Å². The highest BCUT2D eigenvalue weighted by atomic mass is 35.5. The lowest BCUT2D eigenvalue weighted by atomic mass is 9.57. The van der Waals surface area contributed by atoms with Gasteiger partial charge in [0.2, 0.25) is 11.2 Å². The second-order valence-electron chi connectivity index (χ2n) is 32.5. The summed E-state index contributed by atoms with van der Waals surface area (Å²) in [5.74, 6) is 3.38. The average Bonchev–Trinajstić information content (AvgIpc) is 0.870. The summed E-state index contributed by atoms with van der Waals surface area (Å²) in [5.41, 5.74) is 18.5. The molecule has 14 rings (SSSR count). The molecule has 0 radical (unpaired) electrons. The molecule has 10 aromatic rings. The van der Waals surface area contributed by atoms with E-state index in [1.54, 1.807) is 53.5 Å². The number of nitrogen functional groups attached to an aromatic ring is 1. The summed E-state index contributed by atoms with van der Waals surface area (Å²) in [5, 5.41) is 14.8. The van der Waals surface area contributed by atoms with Crippen LogP contribution in [0.2, 0.25) is 5.28 Å². The minimum atomic E-state index is -2.59. The second-order valence-corrected chi connectivity index (χ2v) is 39.2. The number of hydrogen-bond donors (Lipinski definition) is 5. The quantitative estimate of drug-likeness (QED) is 0.0218. The van der Waals surface area contributed by atoms with Crippen LogP contribution in [0.5, 0.6) is 11.5 Å². The van der Waals surface area contributed by atoms with Crippen molar-refractivity contribution in [3.05, 3.63) is 174 Å². The number of amides is 1. The Morgan fingerprint density at radius 2 is 1.02 bits per heavy atom. The van der Waals surface area contributed by atoms with E-state index in [0.717, 1.165) is 115 Å². The van der Waals surface area contributed by atoms with Crippen molar-refractivity contribution in [3.8, 4) is 11.5 Å². The number of fused-ring (bicyclic) bond motifs is 2. The number of halogens is 1. The Hall–Kier alpha value is -9.69. The van der Waals surface area contributed by atoms with E-state index < -0.39 is 25.5 Å². The van der Waals surface area contributed by atoms with Crippen LogP contribution in [0.3, 0.4) is 0 Å². The molecule has 2 aliphatic carbocycles. The van der Waals surface area contributed by atoms with Gasteiger partial charge in [-0.15, -0.1) is 0 Å². The molecule has 0 unspecified atom stereocenters. The summed E-state index contributed by atoms with van der Waals surface area (Å²) in [6, 6.07) is 43.7. The van der Waals surface area contributed by atoms with E-state index in [1.807, 2.05) is 160 Å². The Morgan fingerprint density at radius 1 is 0.568 bits per heavy atom. The fraction of sp³-hybridized carbons (Fsp3) is 0.435. The van der Waals surface area contributed by atoms with Gasteiger partial charge in [0.25, 0.3) is 0 Å². The number of imidazole rings is 2. The number of ether oxygens (including phenoxy) is 4. The first-order valence-electron chi connectivity index (χ1n) is 37.3. The number of nitrogens with two attached hydrogens (primary N) is 1. The number of aryl methyl sites for hydroxylation is 2. The van der Waals surface area contributed by atoms with Crippen LogP contribution in [-0.2, 0) is 36.5 Å². The summed E-state index contributed by atoms with van der Waals surface area (Å²) < 4.78 is 51.3.